The second-order valence-corrected chi connectivity index (χ2v) is 7.50. The van der Waals surface area contributed by atoms with Crippen LogP contribution in [0.25, 0.3) is 11.0 Å². The first-order valence-electron chi connectivity index (χ1n) is 10.1. The van der Waals surface area contributed by atoms with Gasteiger partial charge in [-0.15, -0.1) is 0 Å². The van der Waals surface area contributed by atoms with Crippen molar-refractivity contribution >= 4 is 22.6 Å². The van der Waals surface area contributed by atoms with Crippen molar-refractivity contribution < 1.29 is 18.7 Å². The lowest BCUT2D eigenvalue weighted by Crippen LogP contribution is -2.35. The zero-order chi connectivity index (χ0) is 21.3. The highest BCUT2D eigenvalue weighted by Crippen LogP contribution is 2.31. The lowest BCUT2D eigenvalue weighted by Gasteiger charge is -2.30. The minimum Gasteiger partial charge on any atom is -0.497 e. The smallest absolute Gasteiger partial charge is 0.339 e. The van der Waals surface area contributed by atoms with E-state index in [1.54, 1.807) is 20.3 Å². The molecule has 0 bridgehead atoms. The number of carbonyl (C=O) groups is 1. The highest BCUT2D eigenvalue weighted by atomic mass is 16.5. The number of hydrogen-bond acceptors (Lipinski definition) is 5. The molecule has 0 saturated carbocycles. The van der Waals surface area contributed by atoms with Crippen molar-refractivity contribution in [2.45, 2.75) is 32.6 Å². The van der Waals surface area contributed by atoms with Gasteiger partial charge in [0.2, 0.25) is 5.91 Å². The normalized spacial score (nSPS) is 13.2. The average Bonchev–Trinajstić information content (AvgIpc) is 2.77. The summed E-state index contributed by atoms with van der Waals surface area (Å²) in [5, 5.41) is 0.855. The molecule has 0 spiro atoms. The first kappa shape index (κ1) is 20.0. The fourth-order valence-electron chi connectivity index (χ4n) is 4.12. The molecule has 1 amide bonds. The minimum absolute atomic E-state index is 0.00902. The van der Waals surface area contributed by atoms with Gasteiger partial charge in [-0.25, -0.2) is 4.79 Å². The summed E-state index contributed by atoms with van der Waals surface area (Å²) < 4.78 is 16.0. The Labute approximate surface area is 175 Å². The summed E-state index contributed by atoms with van der Waals surface area (Å²) in [7, 11) is 3.21. The molecule has 30 heavy (non-hydrogen) atoms. The Hall–Kier alpha value is -3.28. The molecular weight excluding hydrogens is 382 g/mol. The molecule has 0 fully saturated rings. The molecule has 4 rings (SSSR count). The van der Waals surface area contributed by atoms with Gasteiger partial charge in [0.15, 0.2) is 0 Å². The van der Waals surface area contributed by atoms with Crippen molar-refractivity contribution in [1.29, 1.82) is 0 Å². The molecule has 6 nitrogen and oxygen atoms in total. The van der Waals surface area contributed by atoms with E-state index in [9.17, 15) is 9.59 Å². The predicted octanol–water partition coefficient (Wildman–Crippen LogP) is 4.03. The van der Waals surface area contributed by atoms with E-state index in [0.29, 0.717) is 29.9 Å². The summed E-state index contributed by atoms with van der Waals surface area (Å²) in [6.07, 6.45) is 2.42. The summed E-state index contributed by atoms with van der Waals surface area (Å²) in [5.41, 5.74) is 3.54. The molecule has 0 aliphatic carbocycles. The number of hydrogen-bond donors (Lipinski definition) is 0. The molecule has 2 heterocycles. The van der Waals surface area contributed by atoms with E-state index in [1.807, 2.05) is 42.2 Å². The van der Waals surface area contributed by atoms with Gasteiger partial charge in [-0.05, 0) is 67.6 Å². The Morgan fingerprint density at radius 1 is 1.10 bits per heavy atom. The molecule has 156 valence electrons. The van der Waals surface area contributed by atoms with Gasteiger partial charge in [-0.1, -0.05) is 0 Å². The van der Waals surface area contributed by atoms with Gasteiger partial charge in [0.1, 0.15) is 17.1 Å². The first-order chi connectivity index (χ1) is 14.5. The summed E-state index contributed by atoms with van der Waals surface area (Å²) in [6.45, 7) is 2.58. The predicted molar refractivity (Wildman–Crippen MR) is 116 cm³/mol. The fourth-order valence-corrected chi connectivity index (χ4v) is 4.12. The second-order valence-electron chi connectivity index (χ2n) is 7.50. The SMILES string of the molecule is COc1ccc2c(c1)CCCN2C(=O)CCc1c(C)c2ccc(OC)cc2oc1=O. The third kappa shape index (κ3) is 3.65. The van der Waals surface area contributed by atoms with E-state index in [1.165, 1.54) is 0 Å². The van der Waals surface area contributed by atoms with Crippen LogP contribution in [-0.4, -0.2) is 26.7 Å². The van der Waals surface area contributed by atoms with E-state index >= 15 is 0 Å². The van der Waals surface area contributed by atoms with Gasteiger partial charge in [-0.2, -0.15) is 0 Å². The number of methoxy groups -OCH3 is 2. The second kappa shape index (κ2) is 8.22. The molecule has 0 radical (unpaired) electrons. The van der Waals surface area contributed by atoms with Gasteiger partial charge in [0.05, 0.1) is 14.2 Å². The van der Waals surface area contributed by atoms with Gasteiger partial charge in [0.25, 0.3) is 0 Å². The van der Waals surface area contributed by atoms with E-state index < -0.39 is 5.63 Å². The Morgan fingerprint density at radius 3 is 2.60 bits per heavy atom. The number of benzene rings is 2. The van der Waals surface area contributed by atoms with Gasteiger partial charge in [-0.3, -0.25) is 4.79 Å². The Bertz CT molecular complexity index is 1160. The molecule has 0 atom stereocenters. The molecule has 1 aliphatic heterocycles. The van der Waals surface area contributed by atoms with Crippen molar-refractivity contribution in [2.24, 2.45) is 0 Å². The minimum atomic E-state index is -0.398. The van der Waals surface area contributed by atoms with Crippen LogP contribution < -0.4 is 20.0 Å². The standard InChI is InChI=1S/C24H25NO5/c1-15-19-8-6-18(29-3)14-22(19)30-24(27)20(15)9-11-23(26)25-12-4-5-16-13-17(28-2)7-10-21(16)25/h6-8,10,13-14H,4-5,9,11-12H2,1-3H3. The number of nitrogens with zero attached hydrogens (tertiary/aromatic N) is 1. The number of amides is 1. The lowest BCUT2D eigenvalue weighted by molar-refractivity contribution is -0.118. The van der Waals surface area contributed by atoms with E-state index in [0.717, 1.165) is 40.8 Å². The molecule has 2 aromatic carbocycles. The molecule has 1 aliphatic rings. The van der Waals surface area contributed by atoms with Crippen molar-refractivity contribution in [3.05, 3.63) is 63.5 Å². The quantitative estimate of drug-likeness (QED) is 0.598. The van der Waals surface area contributed by atoms with Gasteiger partial charge >= 0.3 is 5.63 Å². The number of anilines is 1. The molecule has 6 heteroatoms. The number of fused-ring (bicyclic) bond motifs is 2. The van der Waals surface area contributed by atoms with E-state index in [4.69, 9.17) is 13.9 Å². The van der Waals surface area contributed by atoms with Crippen LogP contribution in [0.5, 0.6) is 11.5 Å². The molecular formula is C24H25NO5. The third-order valence-electron chi connectivity index (χ3n) is 5.79. The molecule has 0 N–H and O–H groups in total. The number of aryl methyl sites for hydroxylation is 2. The Balaban J connectivity index is 1.56. The maximum absolute atomic E-state index is 13.0. The van der Waals surface area contributed by atoms with Gasteiger partial charge < -0.3 is 18.8 Å². The van der Waals surface area contributed by atoms with Crippen LogP contribution in [0.15, 0.2) is 45.6 Å². The highest BCUT2D eigenvalue weighted by Gasteiger charge is 2.23. The molecule has 3 aromatic rings. The summed E-state index contributed by atoms with van der Waals surface area (Å²) in [6, 6.07) is 11.2. The van der Waals surface area contributed by atoms with Crippen molar-refractivity contribution in [1.82, 2.24) is 0 Å². The summed E-state index contributed by atoms with van der Waals surface area (Å²) in [4.78, 5) is 27.4. The molecule has 0 saturated heterocycles. The number of carbonyl (C=O) groups excluding carboxylic acids is 1. The molecule has 1 aromatic heterocycles. The summed E-state index contributed by atoms with van der Waals surface area (Å²) >= 11 is 0. The molecule has 0 unspecified atom stereocenters. The van der Waals surface area contributed by atoms with Crippen LogP contribution >= 0.6 is 0 Å². The van der Waals surface area contributed by atoms with Crippen molar-refractivity contribution in [3.63, 3.8) is 0 Å². The van der Waals surface area contributed by atoms with Crippen LogP contribution in [0.4, 0.5) is 5.69 Å². The van der Waals surface area contributed by atoms with Gasteiger partial charge in [0, 0.05) is 35.7 Å². The maximum atomic E-state index is 13.0. The zero-order valence-electron chi connectivity index (χ0n) is 17.5. The lowest BCUT2D eigenvalue weighted by atomic mass is 9.99. The number of ether oxygens (including phenoxy) is 2. The van der Waals surface area contributed by atoms with Crippen LogP contribution in [0.1, 0.15) is 29.5 Å². The van der Waals surface area contributed by atoms with Crippen LogP contribution in [0.2, 0.25) is 0 Å². The fraction of sp³-hybridized carbons (Fsp3) is 0.333. The third-order valence-corrected chi connectivity index (χ3v) is 5.79. The monoisotopic (exact) mass is 407 g/mol. The average molecular weight is 407 g/mol. The van der Waals surface area contributed by atoms with Crippen LogP contribution in [-0.2, 0) is 17.6 Å². The largest absolute Gasteiger partial charge is 0.497 e. The van der Waals surface area contributed by atoms with E-state index in [-0.39, 0.29) is 12.3 Å². The number of rotatable bonds is 5. The summed E-state index contributed by atoms with van der Waals surface area (Å²) in [5.74, 6) is 1.44. The maximum Gasteiger partial charge on any atom is 0.339 e. The topological polar surface area (TPSA) is 69.0 Å². The Morgan fingerprint density at radius 2 is 1.83 bits per heavy atom. The zero-order valence-corrected chi connectivity index (χ0v) is 17.5. The Kier molecular flexibility index (Phi) is 5.48. The van der Waals surface area contributed by atoms with Crippen molar-refractivity contribution in [2.75, 3.05) is 25.7 Å². The van der Waals surface area contributed by atoms with Crippen LogP contribution in [0, 0.1) is 6.92 Å². The first-order valence-corrected chi connectivity index (χ1v) is 10.1. The van der Waals surface area contributed by atoms with Crippen LogP contribution in [0.3, 0.4) is 0 Å². The highest BCUT2D eigenvalue weighted by molar-refractivity contribution is 5.95. The van der Waals surface area contributed by atoms with E-state index in [2.05, 4.69) is 0 Å². The van der Waals surface area contributed by atoms with Crippen molar-refractivity contribution in [3.8, 4) is 11.5 Å².